The normalized spacial score (nSPS) is 10.8. The van der Waals surface area contributed by atoms with Gasteiger partial charge in [-0.25, -0.2) is 9.97 Å². The van der Waals surface area contributed by atoms with Crippen LogP contribution in [0.1, 0.15) is 13.3 Å². The number of rotatable bonds is 5. The van der Waals surface area contributed by atoms with Gasteiger partial charge in [0, 0.05) is 18.2 Å². The van der Waals surface area contributed by atoms with E-state index in [0.717, 1.165) is 24.3 Å². The Balaban J connectivity index is 2.15. The molecule has 0 spiro atoms. The third-order valence-electron chi connectivity index (χ3n) is 2.58. The van der Waals surface area contributed by atoms with E-state index in [0.29, 0.717) is 11.0 Å². The predicted molar refractivity (Wildman–Crippen MR) is 80.4 cm³/mol. The van der Waals surface area contributed by atoms with Gasteiger partial charge in [-0.15, -0.1) is 0 Å². The zero-order valence-corrected chi connectivity index (χ0v) is 11.6. The van der Waals surface area contributed by atoms with Crippen LogP contribution in [0.2, 0.25) is 5.15 Å². The van der Waals surface area contributed by atoms with Crippen LogP contribution in [0.3, 0.4) is 0 Å². The number of nitrogens with zero attached hydrogens (tertiary/aromatic N) is 2. The Bertz CT molecular complexity index is 553. The molecule has 0 amide bonds. The molecule has 0 atom stereocenters. The molecule has 0 bridgehead atoms. The number of anilines is 1. The van der Waals surface area contributed by atoms with E-state index < -0.39 is 0 Å². The summed E-state index contributed by atoms with van der Waals surface area (Å²) in [5, 5.41) is 3.69. The molecule has 2 rings (SSSR count). The molecular weight excluding hydrogens is 258 g/mol. The standard InChI is InChI=1S/C15H16ClN3/c1-2-3-7-10-17-14-11-13(16)18-15(19-14)12-8-5-4-6-9-12/h2-6,8-9,11H,7,10H2,1H3,(H,17,18,19)/b3-2+. The molecule has 1 aromatic carbocycles. The van der Waals surface area contributed by atoms with Crippen LogP contribution in [0.4, 0.5) is 5.82 Å². The Morgan fingerprint density at radius 1 is 1.21 bits per heavy atom. The van der Waals surface area contributed by atoms with Crippen LogP contribution in [0.15, 0.2) is 48.6 Å². The van der Waals surface area contributed by atoms with Crippen LogP contribution in [0.5, 0.6) is 0 Å². The Morgan fingerprint density at radius 2 is 2.00 bits per heavy atom. The fourth-order valence-corrected chi connectivity index (χ4v) is 1.86. The van der Waals surface area contributed by atoms with Crippen molar-refractivity contribution < 1.29 is 0 Å². The van der Waals surface area contributed by atoms with Gasteiger partial charge in [0.15, 0.2) is 5.82 Å². The summed E-state index contributed by atoms with van der Waals surface area (Å²) in [7, 11) is 0. The topological polar surface area (TPSA) is 37.8 Å². The van der Waals surface area contributed by atoms with Gasteiger partial charge in [0.05, 0.1) is 0 Å². The molecule has 0 aliphatic carbocycles. The zero-order valence-electron chi connectivity index (χ0n) is 10.8. The second-order valence-corrected chi connectivity index (χ2v) is 4.44. The summed E-state index contributed by atoms with van der Waals surface area (Å²) in [5.74, 6) is 1.39. The maximum Gasteiger partial charge on any atom is 0.163 e. The maximum absolute atomic E-state index is 6.03. The van der Waals surface area contributed by atoms with Crippen molar-refractivity contribution in [1.82, 2.24) is 9.97 Å². The molecule has 19 heavy (non-hydrogen) atoms. The highest BCUT2D eigenvalue weighted by Crippen LogP contribution is 2.19. The molecule has 1 N–H and O–H groups in total. The predicted octanol–water partition coefficient (Wildman–Crippen LogP) is 4.18. The molecule has 1 heterocycles. The summed E-state index contributed by atoms with van der Waals surface area (Å²) in [4.78, 5) is 8.72. The second-order valence-electron chi connectivity index (χ2n) is 4.05. The van der Waals surface area contributed by atoms with E-state index in [-0.39, 0.29) is 0 Å². The Hall–Kier alpha value is -1.87. The Kier molecular flexibility index (Phi) is 4.93. The van der Waals surface area contributed by atoms with Crippen molar-refractivity contribution in [3.05, 3.63) is 53.7 Å². The lowest BCUT2D eigenvalue weighted by Gasteiger charge is -2.07. The van der Waals surface area contributed by atoms with E-state index in [1.54, 1.807) is 6.07 Å². The molecular formula is C15H16ClN3. The monoisotopic (exact) mass is 273 g/mol. The Labute approximate surface area is 118 Å². The number of benzene rings is 1. The summed E-state index contributed by atoms with van der Waals surface area (Å²) < 4.78 is 0. The van der Waals surface area contributed by atoms with Crippen LogP contribution in [0, 0.1) is 0 Å². The average Bonchev–Trinajstić information content (AvgIpc) is 2.44. The van der Waals surface area contributed by atoms with Gasteiger partial charge in [0.25, 0.3) is 0 Å². The minimum atomic E-state index is 0.447. The molecule has 0 saturated carbocycles. The molecule has 1 aromatic heterocycles. The van der Waals surface area contributed by atoms with Crippen molar-refractivity contribution in [2.24, 2.45) is 0 Å². The lowest BCUT2D eigenvalue weighted by molar-refractivity contribution is 1.04. The molecule has 98 valence electrons. The highest BCUT2D eigenvalue weighted by Gasteiger charge is 2.04. The van der Waals surface area contributed by atoms with Crippen LogP contribution in [-0.2, 0) is 0 Å². The number of allylic oxidation sites excluding steroid dienone is 1. The van der Waals surface area contributed by atoms with E-state index in [1.165, 1.54) is 0 Å². The lowest BCUT2D eigenvalue weighted by Crippen LogP contribution is -2.04. The summed E-state index contributed by atoms with van der Waals surface area (Å²) in [6.45, 7) is 2.83. The largest absolute Gasteiger partial charge is 0.370 e. The summed E-state index contributed by atoms with van der Waals surface area (Å²) >= 11 is 6.03. The first-order valence-electron chi connectivity index (χ1n) is 6.24. The van der Waals surface area contributed by atoms with Crippen molar-refractivity contribution in [2.75, 3.05) is 11.9 Å². The molecule has 0 aliphatic heterocycles. The zero-order chi connectivity index (χ0) is 13.5. The molecule has 0 aliphatic rings. The minimum absolute atomic E-state index is 0.447. The van der Waals surface area contributed by atoms with Gasteiger partial charge in [0.1, 0.15) is 11.0 Å². The third-order valence-corrected chi connectivity index (χ3v) is 2.77. The minimum Gasteiger partial charge on any atom is -0.370 e. The molecule has 2 aromatic rings. The summed E-state index contributed by atoms with van der Waals surface area (Å²) in [6.07, 6.45) is 5.09. The molecule has 0 fully saturated rings. The van der Waals surface area contributed by atoms with Crippen molar-refractivity contribution in [1.29, 1.82) is 0 Å². The first kappa shape index (κ1) is 13.6. The van der Waals surface area contributed by atoms with Gasteiger partial charge in [-0.3, -0.25) is 0 Å². The van der Waals surface area contributed by atoms with Gasteiger partial charge in [-0.1, -0.05) is 54.1 Å². The molecule has 3 nitrogen and oxygen atoms in total. The van der Waals surface area contributed by atoms with Gasteiger partial charge < -0.3 is 5.32 Å². The smallest absolute Gasteiger partial charge is 0.163 e. The SMILES string of the molecule is C/C=C/CCNc1cc(Cl)nc(-c2ccccc2)n1. The highest BCUT2D eigenvalue weighted by molar-refractivity contribution is 6.29. The van der Waals surface area contributed by atoms with E-state index in [9.17, 15) is 0 Å². The van der Waals surface area contributed by atoms with Crippen molar-refractivity contribution in [2.45, 2.75) is 13.3 Å². The molecule has 4 heteroatoms. The van der Waals surface area contributed by atoms with E-state index in [2.05, 4.69) is 21.4 Å². The number of halogens is 1. The van der Waals surface area contributed by atoms with Gasteiger partial charge in [0.2, 0.25) is 0 Å². The number of nitrogens with one attached hydrogen (secondary N) is 1. The average molecular weight is 274 g/mol. The Morgan fingerprint density at radius 3 is 2.74 bits per heavy atom. The van der Waals surface area contributed by atoms with Crippen LogP contribution in [-0.4, -0.2) is 16.5 Å². The van der Waals surface area contributed by atoms with Crippen LogP contribution >= 0.6 is 11.6 Å². The first-order valence-corrected chi connectivity index (χ1v) is 6.62. The van der Waals surface area contributed by atoms with Crippen molar-refractivity contribution in [3.8, 4) is 11.4 Å². The van der Waals surface area contributed by atoms with Gasteiger partial charge in [-0.2, -0.15) is 0 Å². The quantitative estimate of drug-likeness (QED) is 0.505. The number of hydrogen-bond donors (Lipinski definition) is 1. The van der Waals surface area contributed by atoms with Crippen molar-refractivity contribution >= 4 is 17.4 Å². The molecule has 0 unspecified atom stereocenters. The summed E-state index contributed by atoms with van der Waals surface area (Å²) in [5.41, 5.74) is 0.960. The fraction of sp³-hybridized carbons (Fsp3) is 0.200. The second kappa shape index (κ2) is 6.90. The number of hydrogen-bond acceptors (Lipinski definition) is 3. The first-order chi connectivity index (χ1) is 9.29. The van der Waals surface area contributed by atoms with E-state index in [4.69, 9.17) is 11.6 Å². The van der Waals surface area contributed by atoms with Crippen LogP contribution < -0.4 is 5.32 Å². The number of aromatic nitrogens is 2. The maximum atomic E-state index is 6.03. The van der Waals surface area contributed by atoms with E-state index in [1.807, 2.05) is 43.3 Å². The highest BCUT2D eigenvalue weighted by atomic mass is 35.5. The molecule has 0 radical (unpaired) electrons. The van der Waals surface area contributed by atoms with Crippen LogP contribution in [0.25, 0.3) is 11.4 Å². The van der Waals surface area contributed by atoms with Gasteiger partial charge >= 0.3 is 0 Å². The summed E-state index contributed by atoms with van der Waals surface area (Å²) in [6, 6.07) is 11.6. The van der Waals surface area contributed by atoms with E-state index >= 15 is 0 Å². The molecule has 0 saturated heterocycles. The fourth-order valence-electron chi connectivity index (χ4n) is 1.67. The van der Waals surface area contributed by atoms with Crippen molar-refractivity contribution in [3.63, 3.8) is 0 Å². The lowest BCUT2D eigenvalue weighted by atomic mass is 10.2. The van der Waals surface area contributed by atoms with Gasteiger partial charge in [-0.05, 0) is 13.3 Å². The third kappa shape index (κ3) is 4.07.